The summed E-state index contributed by atoms with van der Waals surface area (Å²) in [6.07, 6.45) is -0.648. The third-order valence-electron chi connectivity index (χ3n) is 2.57. The number of hydrogen-bond donors (Lipinski definition) is 0. The molecule has 0 spiro atoms. The Bertz CT molecular complexity index is 464. The van der Waals surface area contributed by atoms with E-state index in [0.717, 1.165) is 4.90 Å². The van der Waals surface area contributed by atoms with Crippen molar-refractivity contribution in [2.45, 2.75) is 19.4 Å². The highest BCUT2D eigenvalue weighted by Gasteiger charge is 2.47. The van der Waals surface area contributed by atoms with Crippen molar-refractivity contribution in [3.63, 3.8) is 0 Å². The van der Waals surface area contributed by atoms with Gasteiger partial charge in [0.15, 0.2) is 5.60 Å². The molecule has 5 nitrogen and oxygen atoms in total. The topological polar surface area (TPSA) is 55.8 Å². The fourth-order valence-electron chi connectivity index (χ4n) is 1.61. The van der Waals surface area contributed by atoms with Gasteiger partial charge < -0.3 is 9.47 Å². The Balaban J connectivity index is 2.34. The van der Waals surface area contributed by atoms with Gasteiger partial charge in [0, 0.05) is 0 Å². The van der Waals surface area contributed by atoms with Crippen LogP contribution in [0.3, 0.4) is 0 Å². The van der Waals surface area contributed by atoms with Crippen LogP contribution in [-0.4, -0.2) is 24.7 Å². The zero-order valence-corrected chi connectivity index (χ0v) is 9.89. The summed E-state index contributed by atoms with van der Waals surface area (Å²) in [5, 5.41) is 0. The van der Waals surface area contributed by atoms with Gasteiger partial charge in [-0.2, -0.15) is 0 Å². The first-order valence-corrected chi connectivity index (χ1v) is 5.17. The summed E-state index contributed by atoms with van der Waals surface area (Å²) in [5.41, 5.74) is -0.622. The average Bonchev–Trinajstić information content (AvgIpc) is 2.49. The normalized spacial score (nSPS) is 18.2. The molecule has 0 aromatic heterocycles. The van der Waals surface area contributed by atoms with Gasteiger partial charge in [0.05, 0.1) is 12.8 Å². The Hall–Kier alpha value is -2.04. The van der Waals surface area contributed by atoms with Crippen LogP contribution in [0.2, 0.25) is 0 Å². The molecule has 2 amide bonds. The van der Waals surface area contributed by atoms with E-state index >= 15 is 0 Å². The van der Waals surface area contributed by atoms with Crippen molar-refractivity contribution in [2.75, 3.05) is 12.0 Å². The molecule has 1 fully saturated rings. The molecule has 0 N–H and O–H groups in total. The van der Waals surface area contributed by atoms with Crippen molar-refractivity contribution in [3.8, 4) is 5.75 Å². The number of carbonyl (C=O) groups is 2. The molecule has 1 aromatic carbocycles. The Morgan fingerprint density at radius 1 is 1.18 bits per heavy atom. The number of nitrogens with zero attached hydrogens (tertiary/aromatic N) is 1. The van der Waals surface area contributed by atoms with Crippen LogP contribution in [0.4, 0.5) is 10.5 Å². The largest absolute Gasteiger partial charge is 0.497 e. The second-order valence-corrected chi connectivity index (χ2v) is 4.22. The maximum atomic E-state index is 11.9. The molecule has 1 aromatic rings. The fourth-order valence-corrected chi connectivity index (χ4v) is 1.61. The van der Waals surface area contributed by atoms with Gasteiger partial charge in [0.1, 0.15) is 5.75 Å². The Morgan fingerprint density at radius 3 is 2.18 bits per heavy atom. The zero-order valence-electron chi connectivity index (χ0n) is 9.89. The number of cyclic esters (lactones) is 1. The summed E-state index contributed by atoms with van der Waals surface area (Å²) in [5.74, 6) is 0.292. The molecule has 17 heavy (non-hydrogen) atoms. The highest BCUT2D eigenvalue weighted by atomic mass is 16.6. The first-order chi connectivity index (χ1) is 7.95. The average molecular weight is 235 g/mol. The summed E-state index contributed by atoms with van der Waals surface area (Å²) >= 11 is 0. The Kier molecular flexibility index (Phi) is 2.53. The van der Waals surface area contributed by atoms with E-state index in [1.807, 2.05) is 0 Å². The van der Waals surface area contributed by atoms with Gasteiger partial charge >= 0.3 is 6.09 Å². The number of ether oxygens (including phenoxy) is 2. The molecule has 1 aliphatic rings. The Labute approximate surface area is 98.9 Å². The van der Waals surface area contributed by atoms with Gasteiger partial charge in [0.25, 0.3) is 5.91 Å². The molecule has 1 saturated heterocycles. The van der Waals surface area contributed by atoms with Gasteiger partial charge in [0.2, 0.25) is 0 Å². The van der Waals surface area contributed by atoms with E-state index in [2.05, 4.69) is 0 Å². The van der Waals surface area contributed by atoms with E-state index in [9.17, 15) is 9.59 Å². The van der Waals surface area contributed by atoms with Crippen LogP contribution < -0.4 is 9.64 Å². The lowest BCUT2D eigenvalue weighted by atomic mass is 10.1. The maximum absolute atomic E-state index is 11.9. The highest BCUT2D eigenvalue weighted by molar-refractivity contribution is 6.19. The second kappa shape index (κ2) is 3.76. The monoisotopic (exact) mass is 235 g/mol. The van der Waals surface area contributed by atoms with E-state index in [-0.39, 0.29) is 5.91 Å². The van der Waals surface area contributed by atoms with E-state index in [1.54, 1.807) is 45.2 Å². The van der Waals surface area contributed by atoms with Crippen LogP contribution in [0.15, 0.2) is 24.3 Å². The number of carbonyl (C=O) groups excluding carboxylic acids is 2. The predicted octanol–water partition coefficient (Wildman–Crippen LogP) is 1.96. The van der Waals surface area contributed by atoms with Crippen molar-refractivity contribution in [3.05, 3.63) is 24.3 Å². The summed E-state index contributed by atoms with van der Waals surface area (Å²) in [7, 11) is 1.55. The SMILES string of the molecule is COc1ccc(N2C(=O)OC(C)(C)C2=O)cc1. The fraction of sp³-hybridized carbons (Fsp3) is 0.333. The minimum Gasteiger partial charge on any atom is -0.497 e. The lowest BCUT2D eigenvalue weighted by Crippen LogP contribution is -2.36. The number of imide groups is 1. The molecule has 0 unspecified atom stereocenters. The van der Waals surface area contributed by atoms with E-state index in [1.165, 1.54) is 0 Å². The van der Waals surface area contributed by atoms with E-state index in [0.29, 0.717) is 11.4 Å². The number of rotatable bonds is 2. The van der Waals surface area contributed by atoms with Gasteiger partial charge in [-0.3, -0.25) is 4.79 Å². The van der Waals surface area contributed by atoms with Crippen molar-refractivity contribution in [1.82, 2.24) is 0 Å². The molecular formula is C12H13NO4. The summed E-state index contributed by atoms with van der Waals surface area (Å²) in [6, 6.07) is 6.64. The Morgan fingerprint density at radius 2 is 1.76 bits per heavy atom. The number of amides is 2. The highest BCUT2D eigenvalue weighted by Crippen LogP contribution is 2.29. The van der Waals surface area contributed by atoms with Crippen LogP contribution >= 0.6 is 0 Å². The lowest BCUT2D eigenvalue weighted by molar-refractivity contribution is -0.127. The zero-order chi connectivity index (χ0) is 12.6. The van der Waals surface area contributed by atoms with E-state index in [4.69, 9.17) is 9.47 Å². The van der Waals surface area contributed by atoms with Crippen molar-refractivity contribution in [1.29, 1.82) is 0 Å². The van der Waals surface area contributed by atoms with Crippen LogP contribution in [-0.2, 0) is 9.53 Å². The van der Waals surface area contributed by atoms with Crippen molar-refractivity contribution >= 4 is 17.7 Å². The molecule has 0 saturated carbocycles. The van der Waals surface area contributed by atoms with Crippen molar-refractivity contribution < 1.29 is 19.1 Å². The third-order valence-corrected chi connectivity index (χ3v) is 2.57. The molecule has 0 radical (unpaired) electrons. The van der Waals surface area contributed by atoms with E-state index < -0.39 is 11.7 Å². The third kappa shape index (κ3) is 1.84. The van der Waals surface area contributed by atoms with Gasteiger partial charge in [-0.1, -0.05) is 0 Å². The predicted molar refractivity (Wildman–Crippen MR) is 61.0 cm³/mol. The van der Waals surface area contributed by atoms with Crippen LogP contribution in [0, 0.1) is 0 Å². The van der Waals surface area contributed by atoms with Crippen LogP contribution in [0.25, 0.3) is 0 Å². The maximum Gasteiger partial charge on any atom is 0.422 e. The molecule has 1 aliphatic heterocycles. The van der Waals surface area contributed by atoms with Gasteiger partial charge in [-0.15, -0.1) is 0 Å². The first-order valence-electron chi connectivity index (χ1n) is 5.17. The lowest BCUT2D eigenvalue weighted by Gasteiger charge is -2.13. The molecule has 0 aliphatic carbocycles. The molecule has 0 atom stereocenters. The number of hydrogen-bond acceptors (Lipinski definition) is 4. The van der Waals surface area contributed by atoms with Gasteiger partial charge in [-0.05, 0) is 38.1 Å². The smallest absolute Gasteiger partial charge is 0.422 e. The van der Waals surface area contributed by atoms with Gasteiger partial charge in [-0.25, -0.2) is 9.69 Å². The van der Waals surface area contributed by atoms with Crippen LogP contribution in [0.1, 0.15) is 13.8 Å². The number of anilines is 1. The molecular weight excluding hydrogens is 222 g/mol. The quantitative estimate of drug-likeness (QED) is 0.786. The number of benzene rings is 1. The standard InChI is InChI=1S/C12H13NO4/c1-12(2)10(14)13(11(15)17-12)8-4-6-9(16-3)7-5-8/h4-7H,1-3H3. The minimum atomic E-state index is -1.10. The summed E-state index contributed by atoms with van der Waals surface area (Å²) in [6.45, 7) is 3.13. The first kappa shape index (κ1) is 11.4. The molecule has 0 bridgehead atoms. The van der Waals surface area contributed by atoms with Crippen molar-refractivity contribution in [2.24, 2.45) is 0 Å². The van der Waals surface area contributed by atoms with Crippen LogP contribution in [0.5, 0.6) is 5.75 Å². The summed E-state index contributed by atoms with van der Waals surface area (Å²) in [4.78, 5) is 24.6. The molecule has 1 heterocycles. The number of methoxy groups -OCH3 is 1. The minimum absolute atomic E-state index is 0.368. The second-order valence-electron chi connectivity index (χ2n) is 4.22. The summed E-state index contributed by atoms with van der Waals surface area (Å²) < 4.78 is 10.00. The molecule has 5 heteroatoms. The molecule has 90 valence electrons. The molecule has 2 rings (SSSR count).